The smallest absolute Gasteiger partial charge is 0.415 e. The van der Waals surface area contributed by atoms with Crippen LogP contribution in [0.15, 0.2) is 23.7 Å². The summed E-state index contributed by atoms with van der Waals surface area (Å²) < 4.78 is 11.2. The van der Waals surface area contributed by atoms with Crippen molar-refractivity contribution in [3.8, 4) is 0 Å². The third kappa shape index (κ3) is 3.92. The lowest BCUT2D eigenvalue weighted by atomic mass is 10.2. The summed E-state index contributed by atoms with van der Waals surface area (Å²) in [6.45, 7) is 15.1. The van der Waals surface area contributed by atoms with Crippen LogP contribution in [0.2, 0.25) is 0 Å². The van der Waals surface area contributed by atoms with Crippen LogP contribution in [0.25, 0.3) is 0 Å². The minimum absolute atomic E-state index is 0.360. The zero-order valence-electron chi connectivity index (χ0n) is 13.4. The summed E-state index contributed by atoms with van der Waals surface area (Å²) in [6.07, 6.45) is -0.360. The fourth-order valence-corrected chi connectivity index (χ4v) is 1.88. The highest BCUT2D eigenvalue weighted by molar-refractivity contribution is 5.72. The number of amides is 1. The van der Waals surface area contributed by atoms with Gasteiger partial charge in [0, 0.05) is 13.6 Å². The molecule has 0 spiro atoms. The van der Waals surface area contributed by atoms with Crippen molar-refractivity contribution in [2.75, 3.05) is 26.7 Å². The van der Waals surface area contributed by atoms with Crippen LogP contribution in [-0.4, -0.2) is 48.2 Å². The lowest BCUT2D eigenvalue weighted by Crippen LogP contribution is -2.43. The van der Waals surface area contributed by atoms with Crippen molar-refractivity contribution in [2.45, 2.75) is 40.2 Å². The lowest BCUT2D eigenvalue weighted by Gasteiger charge is -2.36. The van der Waals surface area contributed by atoms with Crippen molar-refractivity contribution in [1.29, 1.82) is 0 Å². The van der Waals surface area contributed by atoms with Gasteiger partial charge < -0.3 is 14.4 Å². The number of hydrogen-bond acceptors (Lipinski definition) is 4. The fourth-order valence-electron chi connectivity index (χ4n) is 1.88. The lowest BCUT2D eigenvalue weighted by molar-refractivity contribution is 0.0135. The maximum absolute atomic E-state index is 12.3. The second-order valence-corrected chi connectivity index (χ2v) is 5.93. The Morgan fingerprint density at radius 1 is 1.50 bits per heavy atom. The molecule has 0 saturated heterocycles. The first-order valence-electron chi connectivity index (χ1n) is 6.92. The molecular formula is C15H26N2O3. The first kappa shape index (κ1) is 16.4. The molecule has 0 atom stereocenters. The molecule has 0 fully saturated rings. The second-order valence-electron chi connectivity index (χ2n) is 5.93. The topological polar surface area (TPSA) is 42.0 Å². The largest absolute Gasteiger partial charge is 0.476 e. The van der Waals surface area contributed by atoms with Crippen LogP contribution in [0.3, 0.4) is 0 Å². The Balaban J connectivity index is 3.11. The normalized spacial score (nSPS) is 15.8. The molecular weight excluding hydrogens is 256 g/mol. The van der Waals surface area contributed by atoms with Gasteiger partial charge in [-0.2, -0.15) is 0 Å². The number of carbonyl (C=O) groups is 1. The Labute approximate surface area is 121 Å². The van der Waals surface area contributed by atoms with Crippen LogP contribution in [0.5, 0.6) is 0 Å². The molecule has 0 aromatic carbocycles. The fraction of sp³-hybridized carbons (Fsp3) is 0.667. The van der Waals surface area contributed by atoms with Gasteiger partial charge in [0.15, 0.2) is 0 Å². The van der Waals surface area contributed by atoms with Gasteiger partial charge in [-0.25, -0.2) is 4.79 Å². The highest BCUT2D eigenvalue weighted by Gasteiger charge is 2.31. The third-order valence-corrected chi connectivity index (χ3v) is 2.87. The summed E-state index contributed by atoms with van der Waals surface area (Å²) in [7, 11) is 1.93. The molecule has 1 aliphatic rings. The molecule has 1 heterocycles. The Kier molecular flexibility index (Phi) is 5.09. The molecule has 0 bridgehead atoms. The SMILES string of the molecule is C=C(C)C1=C(N(C)CC)OCCN1C(=O)OC(C)(C)C. The van der Waals surface area contributed by atoms with Crippen molar-refractivity contribution in [2.24, 2.45) is 0 Å². The maximum Gasteiger partial charge on any atom is 0.415 e. The van der Waals surface area contributed by atoms with Gasteiger partial charge in [-0.1, -0.05) is 6.58 Å². The molecule has 0 unspecified atom stereocenters. The summed E-state index contributed by atoms with van der Waals surface area (Å²) in [5.41, 5.74) is 0.965. The summed E-state index contributed by atoms with van der Waals surface area (Å²) in [5.74, 6) is 0.678. The minimum Gasteiger partial charge on any atom is -0.476 e. The van der Waals surface area contributed by atoms with Gasteiger partial charge in [-0.05, 0) is 40.2 Å². The van der Waals surface area contributed by atoms with E-state index in [1.54, 1.807) is 4.90 Å². The number of allylic oxidation sites excluding steroid dienone is 1. The van der Waals surface area contributed by atoms with E-state index in [2.05, 4.69) is 6.58 Å². The van der Waals surface area contributed by atoms with E-state index in [4.69, 9.17) is 9.47 Å². The standard InChI is InChI=1S/C15H26N2O3/c1-8-16(7)13-12(11(2)3)17(9-10-19-13)14(18)20-15(4,5)6/h2,8-10H2,1,3-7H3. The zero-order valence-corrected chi connectivity index (χ0v) is 13.4. The number of rotatable bonds is 3. The van der Waals surface area contributed by atoms with Gasteiger partial charge in [0.25, 0.3) is 0 Å². The van der Waals surface area contributed by atoms with E-state index in [-0.39, 0.29) is 6.09 Å². The van der Waals surface area contributed by atoms with Gasteiger partial charge in [0.1, 0.15) is 17.9 Å². The molecule has 0 N–H and O–H groups in total. The van der Waals surface area contributed by atoms with Gasteiger partial charge in [-0.3, -0.25) is 4.90 Å². The molecule has 20 heavy (non-hydrogen) atoms. The van der Waals surface area contributed by atoms with Crippen LogP contribution >= 0.6 is 0 Å². The number of carbonyl (C=O) groups excluding carboxylic acids is 1. The van der Waals surface area contributed by atoms with E-state index in [1.807, 2.05) is 46.6 Å². The van der Waals surface area contributed by atoms with Gasteiger partial charge in [-0.15, -0.1) is 0 Å². The van der Waals surface area contributed by atoms with Gasteiger partial charge >= 0.3 is 6.09 Å². The quantitative estimate of drug-likeness (QED) is 0.798. The predicted octanol–water partition coefficient (Wildman–Crippen LogP) is 2.95. The molecule has 0 aliphatic carbocycles. The van der Waals surface area contributed by atoms with E-state index in [0.717, 1.165) is 12.1 Å². The van der Waals surface area contributed by atoms with Crippen molar-refractivity contribution >= 4 is 6.09 Å². The van der Waals surface area contributed by atoms with Crippen LogP contribution in [0.1, 0.15) is 34.6 Å². The van der Waals surface area contributed by atoms with Crippen molar-refractivity contribution < 1.29 is 14.3 Å². The molecule has 114 valence electrons. The minimum atomic E-state index is -0.521. The molecule has 0 aromatic rings. The van der Waals surface area contributed by atoms with Crippen LogP contribution in [0.4, 0.5) is 4.79 Å². The van der Waals surface area contributed by atoms with Gasteiger partial charge in [0.05, 0.1) is 6.54 Å². The van der Waals surface area contributed by atoms with Crippen molar-refractivity contribution in [3.05, 3.63) is 23.7 Å². The van der Waals surface area contributed by atoms with E-state index in [1.165, 1.54) is 0 Å². The second kappa shape index (κ2) is 6.20. The monoisotopic (exact) mass is 282 g/mol. The first-order valence-corrected chi connectivity index (χ1v) is 6.92. The summed E-state index contributed by atoms with van der Waals surface area (Å²) >= 11 is 0. The van der Waals surface area contributed by atoms with Crippen molar-refractivity contribution in [1.82, 2.24) is 9.80 Å². The summed E-state index contributed by atoms with van der Waals surface area (Å²) in [6, 6.07) is 0. The van der Waals surface area contributed by atoms with E-state index >= 15 is 0 Å². The molecule has 5 nitrogen and oxygen atoms in total. The Hall–Kier alpha value is -1.65. The number of hydrogen-bond donors (Lipinski definition) is 0. The van der Waals surface area contributed by atoms with E-state index in [0.29, 0.717) is 24.7 Å². The first-order chi connectivity index (χ1) is 9.17. The summed E-state index contributed by atoms with van der Waals surface area (Å²) in [4.78, 5) is 15.9. The Bertz CT molecular complexity index is 421. The Morgan fingerprint density at radius 2 is 2.10 bits per heavy atom. The molecule has 0 aromatic heterocycles. The average Bonchev–Trinajstić information content (AvgIpc) is 2.34. The molecule has 0 saturated carbocycles. The number of nitrogens with zero attached hydrogens (tertiary/aromatic N) is 2. The Morgan fingerprint density at radius 3 is 2.55 bits per heavy atom. The molecule has 1 amide bonds. The van der Waals surface area contributed by atoms with Crippen LogP contribution in [-0.2, 0) is 9.47 Å². The molecule has 5 heteroatoms. The van der Waals surface area contributed by atoms with Crippen LogP contribution < -0.4 is 0 Å². The highest BCUT2D eigenvalue weighted by Crippen LogP contribution is 2.26. The molecule has 1 aliphatic heterocycles. The average molecular weight is 282 g/mol. The van der Waals surface area contributed by atoms with Gasteiger partial charge in [0.2, 0.25) is 5.88 Å². The van der Waals surface area contributed by atoms with E-state index in [9.17, 15) is 4.79 Å². The van der Waals surface area contributed by atoms with Crippen molar-refractivity contribution in [3.63, 3.8) is 0 Å². The maximum atomic E-state index is 12.3. The molecule has 1 rings (SSSR count). The number of ether oxygens (including phenoxy) is 2. The third-order valence-electron chi connectivity index (χ3n) is 2.87. The highest BCUT2D eigenvalue weighted by atomic mass is 16.6. The van der Waals surface area contributed by atoms with Crippen LogP contribution in [0, 0.1) is 0 Å². The van der Waals surface area contributed by atoms with E-state index < -0.39 is 5.60 Å². The summed E-state index contributed by atoms with van der Waals surface area (Å²) in [5, 5.41) is 0. The predicted molar refractivity (Wildman–Crippen MR) is 79.0 cm³/mol. The molecule has 0 radical (unpaired) electrons. The zero-order chi connectivity index (χ0) is 15.5.